The van der Waals surface area contributed by atoms with Crippen molar-refractivity contribution in [1.29, 1.82) is 0 Å². The number of halogens is 2. The number of rotatable bonds is 8. The van der Waals surface area contributed by atoms with Crippen molar-refractivity contribution in [1.82, 2.24) is 5.32 Å². The molecule has 0 aliphatic carbocycles. The van der Waals surface area contributed by atoms with Crippen molar-refractivity contribution < 1.29 is 14.3 Å². The molecule has 1 N–H and O–H groups in total. The smallest absolute Gasteiger partial charge is 0.223 e. The van der Waals surface area contributed by atoms with Crippen molar-refractivity contribution >= 4 is 29.1 Å². The Morgan fingerprint density at radius 3 is 2.58 bits per heavy atom. The number of carbonyl (C=O) groups is 1. The largest absolute Gasteiger partial charge is 0.493 e. The number of amides is 1. The molecule has 0 atom stereocenters. The first-order chi connectivity index (χ1) is 11.6. The van der Waals surface area contributed by atoms with E-state index in [0.717, 1.165) is 5.56 Å². The van der Waals surface area contributed by atoms with E-state index in [-0.39, 0.29) is 18.9 Å². The Morgan fingerprint density at radius 1 is 1.12 bits per heavy atom. The minimum Gasteiger partial charge on any atom is -0.493 e. The Labute approximate surface area is 151 Å². The van der Waals surface area contributed by atoms with Crippen LogP contribution in [0, 0.1) is 0 Å². The van der Waals surface area contributed by atoms with E-state index >= 15 is 0 Å². The molecule has 0 aromatic heterocycles. The van der Waals surface area contributed by atoms with Crippen molar-refractivity contribution in [3.8, 4) is 11.5 Å². The number of nitrogens with one attached hydrogen (secondary N) is 1. The summed E-state index contributed by atoms with van der Waals surface area (Å²) in [4.78, 5) is 11.8. The van der Waals surface area contributed by atoms with Crippen molar-refractivity contribution in [3.63, 3.8) is 0 Å². The summed E-state index contributed by atoms with van der Waals surface area (Å²) in [6.07, 6.45) is 0.918. The highest BCUT2D eigenvalue weighted by Gasteiger charge is 2.06. The monoisotopic (exact) mass is 367 g/mol. The van der Waals surface area contributed by atoms with Crippen molar-refractivity contribution in [2.24, 2.45) is 0 Å². The summed E-state index contributed by atoms with van der Waals surface area (Å²) in [5, 5.41) is 4.05. The molecule has 0 aliphatic rings. The van der Waals surface area contributed by atoms with Crippen molar-refractivity contribution in [2.75, 3.05) is 20.3 Å². The van der Waals surface area contributed by atoms with Crippen LogP contribution >= 0.6 is 23.2 Å². The summed E-state index contributed by atoms with van der Waals surface area (Å²) in [6, 6.07) is 12.7. The lowest BCUT2D eigenvalue weighted by molar-refractivity contribution is -0.121. The molecular formula is C18H19Cl2NO3. The van der Waals surface area contributed by atoms with Crippen LogP contribution in [0.4, 0.5) is 0 Å². The number of para-hydroxylation sites is 2. The maximum Gasteiger partial charge on any atom is 0.223 e. The maximum absolute atomic E-state index is 11.8. The van der Waals surface area contributed by atoms with Crippen molar-refractivity contribution in [2.45, 2.75) is 12.8 Å². The molecule has 128 valence electrons. The Kier molecular flexibility index (Phi) is 7.22. The minimum absolute atomic E-state index is 0.0741. The topological polar surface area (TPSA) is 47.6 Å². The van der Waals surface area contributed by atoms with E-state index in [0.29, 0.717) is 34.5 Å². The van der Waals surface area contributed by atoms with Gasteiger partial charge in [0.05, 0.1) is 20.1 Å². The van der Waals surface area contributed by atoms with Crippen LogP contribution in [0.2, 0.25) is 10.0 Å². The summed E-state index contributed by atoms with van der Waals surface area (Å²) >= 11 is 11.9. The van der Waals surface area contributed by atoms with Gasteiger partial charge in [-0.3, -0.25) is 4.79 Å². The first-order valence-electron chi connectivity index (χ1n) is 7.56. The van der Waals surface area contributed by atoms with E-state index in [2.05, 4.69) is 5.32 Å². The molecule has 0 bridgehead atoms. The highest BCUT2D eigenvalue weighted by atomic mass is 35.5. The van der Waals surface area contributed by atoms with Crippen LogP contribution in [0.1, 0.15) is 12.0 Å². The normalized spacial score (nSPS) is 10.3. The molecule has 1 amide bonds. The van der Waals surface area contributed by atoms with E-state index in [1.54, 1.807) is 25.3 Å². The molecular weight excluding hydrogens is 349 g/mol. The zero-order valence-electron chi connectivity index (χ0n) is 13.4. The zero-order chi connectivity index (χ0) is 17.4. The number of hydrogen-bond acceptors (Lipinski definition) is 3. The van der Waals surface area contributed by atoms with Gasteiger partial charge in [0.2, 0.25) is 5.91 Å². The Balaban J connectivity index is 1.70. The second kappa shape index (κ2) is 9.40. The highest BCUT2D eigenvalue weighted by molar-refractivity contribution is 6.35. The van der Waals surface area contributed by atoms with Crippen LogP contribution in [0.3, 0.4) is 0 Å². The third-order valence-electron chi connectivity index (χ3n) is 3.39. The summed E-state index contributed by atoms with van der Waals surface area (Å²) in [6.45, 7) is 0.794. The van der Waals surface area contributed by atoms with E-state index in [1.807, 2.05) is 24.3 Å². The number of benzene rings is 2. The second-order valence-corrected chi connectivity index (χ2v) is 5.93. The molecule has 2 aromatic rings. The SMILES string of the molecule is COc1ccccc1OCCC(=O)NCCc1ccc(Cl)cc1Cl. The maximum atomic E-state index is 11.8. The summed E-state index contributed by atoms with van der Waals surface area (Å²) in [5.74, 6) is 1.20. The lowest BCUT2D eigenvalue weighted by atomic mass is 10.1. The molecule has 0 aliphatic heterocycles. The van der Waals surface area contributed by atoms with Crippen LogP contribution in [0.15, 0.2) is 42.5 Å². The molecule has 24 heavy (non-hydrogen) atoms. The van der Waals surface area contributed by atoms with Gasteiger partial charge in [-0.05, 0) is 36.2 Å². The average Bonchev–Trinajstić information content (AvgIpc) is 2.57. The van der Waals surface area contributed by atoms with Crippen molar-refractivity contribution in [3.05, 3.63) is 58.1 Å². The van der Waals surface area contributed by atoms with E-state index in [9.17, 15) is 4.79 Å². The summed E-state index contributed by atoms with van der Waals surface area (Å²) in [7, 11) is 1.58. The van der Waals surface area contributed by atoms with Gasteiger partial charge in [0.25, 0.3) is 0 Å². The van der Waals surface area contributed by atoms with Gasteiger partial charge >= 0.3 is 0 Å². The first kappa shape index (κ1) is 18.4. The van der Waals surface area contributed by atoms with E-state index < -0.39 is 0 Å². The van der Waals surface area contributed by atoms with Gasteiger partial charge in [-0.1, -0.05) is 41.4 Å². The lowest BCUT2D eigenvalue weighted by Gasteiger charge is -2.10. The lowest BCUT2D eigenvalue weighted by Crippen LogP contribution is -2.27. The predicted octanol–water partition coefficient (Wildman–Crippen LogP) is 4.13. The fourth-order valence-electron chi connectivity index (χ4n) is 2.14. The highest BCUT2D eigenvalue weighted by Crippen LogP contribution is 2.25. The third kappa shape index (κ3) is 5.62. The molecule has 0 fully saturated rings. The van der Waals surface area contributed by atoms with Gasteiger partial charge in [-0.25, -0.2) is 0 Å². The molecule has 6 heteroatoms. The molecule has 2 aromatic carbocycles. The van der Waals surface area contributed by atoms with Gasteiger partial charge in [0.15, 0.2) is 11.5 Å². The standard InChI is InChI=1S/C18H19Cl2NO3/c1-23-16-4-2-3-5-17(16)24-11-9-18(22)21-10-8-13-6-7-14(19)12-15(13)20/h2-7,12H,8-11H2,1H3,(H,21,22). The van der Waals surface area contributed by atoms with Crippen LogP contribution in [0.25, 0.3) is 0 Å². The molecule has 2 rings (SSSR count). The molecule has 0 radical (unpaired) electrons. The number of ether oxygens (including phenoxy) is 2. The van der Waals surface area contributed by atoms with Crippen LogP contribution in [0.5, 0.6) is 11.5 Å². The van der Waals surface area contributed by atoms with Gasteiger partial charge in [0, 0.05) is 16.6 Å². The van der Waals surface area contributed by atoms with E-state index in [4.69, 9.17) is 32.7 Å². The van der Waals surface area contributed by atoms with Crippen LogP contribution in [-0.2, 0) is 11.2 Å². The Morgan fingerprint density at radius 2 is 1.88 bits per heavy atom. The Hall–Kier alpha value is -1.91. The fraction of sp³-hybridized carbons (Fsp3) is 0.278. The van der Waals surface area contributed by atoms with E-state index in [1.165, 1.54) is 0 Å². The molecule has 0 saturated heterocycles. The number of hydrogen-bond donors (Lipinski definition) is 1. The average molecular weight is 368 g/mol. The predicted molar refractivity (Wildman–Crippen MR) is 96.3 cm³/mol. The minimum atomic E-state index is -0.0741. The number of carbonyl (C=O) groups excluding carboxylic acids is 1. The third-order valence-corrected chi connectivity index (χ3v) is 3.97. The molecule has 0 spiro atoms. The zero-order valence-corrected chi connectivity index (χ0v) is 14.9. The second-order valence-electron chi connectivity index (χ2n) is 5.09. The van der Waals surface area contributed by atoms with Gasteiger partial charge < -0.3 is 14.8 Å². The van der Waals surface area contributed by atoms with Gasteiger partial charge in [-0.2, -0.15) is 0 Å². The van der Waals surface area contributed by atoms with Crippen LogP contribution in [-0.4, -0.2) is 26.2 Å². The van der Waals surface area contributed by atoms with Gasteiger partial charge in [-0.15, -0.1) is 0 Å². The summed E-state index contributed by atoms with van der Waals surface area (Å²) in [5.41, 5.74) is 0.951. The molecule has 0 heterocycles. The molecule has 0 saturated carbocycles. The molecule has 0 unspecified atom stereocenters. The summed E-state index contributed by atoms with van der Waals surface area (Å²) < 4.78 is 10.8. The first-order valence-corrected chi connectivity index (χ1v) is 8.32. The van der Waals surface area contributed by atoms with Gasteiger partial charge in [0.1, 0.15) is 0 Å². The van der Waals surface area contributed by atoms with Crippen LogP contribution < -0.4 is 14.8 Å². The number of methoxy groups -OCH3 is 1. The molecule has 4 nitrogen and oxygen atoms in total. The quantitative estimate of drug-likeness (QED) is 0.762. The fourth-order valence-corrected chi connectivity index (χ4v) is 2.64. The Bertz CT molecular complexity index is 692.